The Morgan fingerprint density at radius 3 is 3.07 bits per heavy atom. The molecular formula is C11H10N2O. The molecule has 1 heterocycles. The van der Waals surface area contributed by atoms with Gasteiger partial charge in [0, 0.05) is 17.1 Å². The predicted octanol–water partition coefficient (Wildman–Crippen LogP) is 2.24. The summed E-state index contributed by atoms with van der Waals surface area (Å²) >= 11 is 0. The highest BCUT2D eigenvalue weighted by atomic mass is 16.5. The van der Waals surface area contributed by atoms with E-state index in [1.807, 2.05) is 24.4 Å². The molecule has 0 amide bonds. The fraction of sp³-hybridized carbons (Fsp3) is 0.182. The lowest BCUT2D eigenvalue weighted by Gasteiger charge is -1.98. The summed E-state index contributed by atoms with van der Waals surface area (Å²) in [5.74, 6) is 0.819. The molecule has 1 aromatic carbocycles. The standard InChI is InChI=1S/C11H10N2O/c1-14-11-7-13-10-3-2-8(4-5-12)6-9(10)11/h2-3,6-7,13H,4H2,1H3. The van der Waals surface area contributed by atoms with Gasteiger partial charge in [-0.15, -0.1) is 0 Å². The van der Waals surface area contributed by atoms with Crippen LogP contribution in [0.3, 0.4) is 0 Å². The van der Waals surface area contributed by atoms with Crippen molar-refractivity contribution in [1.82, 2.24) is 4.98 Å². The Morgan fingerprint density at radius 2 is 2.36 bits per heavy atom. The molecule has 70 valence electrons. The Morgan fingerprint density at radius 1 is 1.50 bits per heavy atom. The normalized spacial score (nSPS) is 10.0. The first-order valence-corrected chi connectivity index (χ1v) is 4.36. The largest absolute Gasteiger partial charge is 0.495 e. The second kappa shape index (κ2) is 3.43. The average Bonchev–Trinajstić information content (AvgIpc) is 2.60. The number of nitrogens with zero attached hydrogens (tertiary/aromatic N) is 1. The number of aromatic amines is 1. The first-order valence-electron chi connectivity index (χ1n) is 4.36. The number of H-pyrrole nitrogens is 1. The summed E-state index contributed by atoms with van der Waals surface area (Å²) in [5, 5.41) is 9.61. The van der Waals surface area contributed by atoms with E-state index in [0.29, 0.717) is 6.42 Å². The molecule has 0 fully saturated rings. The predicted molar refractivity (Wildman–Crippen MR) is 54.2 cm³/mol. The topological polar surface area (TPSA) is 48.8 Å². The minimum Gasteiger partial charge on any atom is -0.495 e. The minimum absolute atomic E-state index is 0.435. The smallest absolute Gasteiger partial charge is 0.144 e. The summed E-state index contributed by atoms with van der Waals surface area (Å²) in [6, 6.07) is 8.02. The number of hydrogen-bond donors (Lipinski definition) is 1. The first-order chi connectivity index (χ1) is 6.85. The van der Waals surface area contributed by atoms with E-state index in [-0.39, 0.29) is 0 Å². The van der Waals surface area contributed by atoms with Crippen molar-refractivity contribution in [2.45, 2.75) is 6.42 Å². The van der Waals surface area contributed by atoms with Crippen LogP contribution in [0.25, 0.3) is 10.9 Å². The van der Waals surface area contributed by atoms with Crippen molar-refractivity contribution in [3.63, 3.8) is 0 Å². The van der Waals surface area contributed by atoms with Gasteiger partial charge in [0.1, 0.15) is 5.75 Å². The molecule has 0 aliphatic rings. The number of fused-ring (bicyclic) bond motifs is 1. The highest BCUT2D eigenvalue weighted by Gasteiger charge is 2.03. The van der Waals surface area contributed by atoms with Crippen LogP contribution in [0, 0.1) is 11.3 Å². The van der Waals surface area contributed by atoms with Crippen molar-refractivity contribution in [3.8, 4) is 11.8 Å². The lowest BCUT2D eigenvalue weighted by atomic mass is 10.1. The Bertz CT molecular complexity index is 493. The number of methoxy groups -OCH3 is 1. The highest BCUT2D eigenvalue weighted by Crippen LogP contribution is 2.25. The Balaban J connectivity index is 2.57. The Hall–Kier alpha value is -1.95. The van der Waals surface area contributed by atoms with Crippen LogP contribution in [0.2, 0.25) is 0 Å². The summed E-state index contributed by atoms with van der Waals surface area (Å²) in [5.41, 5.74) is 2.04. The van der Waals surface area contributed by atoms with E-state index >= 15 is 0 Å². The Kier molecular flexibility index (Phi) is 2.11. The van der Waals surface area contributed by atoms with Crippen LogP contribution in [0.15, 0.2) is 24.4 Å². The second-order valence-electron chi connectivity index (χ2n) is 3.07. The summed E-state index contributed by atoms with van der Waals surface area (Å²) < 4.78 is 5.19. The maximum Gasteiger partial charge on any atom is 0.144 e. The van der Waals surface area contributed by atoms with E-state index in [0.717, 1.165) is 22.2 Å². The van der Waals surface area contributed by atoms with Gasteiger partial charge in [0.05, 0.1) is 19.6 Å². The molecule has 0 aliphatic heterocycles. The average molecular weight is 186 g/mol. The van der Waals surface area contributed by atoms with Crippen molar-refractivity contribution in [2.24, 2.45) is 0 Å². The molecule has 0 radical (unpaired) electrons. The molecular weight excluding hydrogens is 176 g/mol. The molecule has 1 N–H and O–H groups in total. The molecule has 0 atom stereocenters. The van der Waals surface area contributed by atoms with E-state index in [2.05, 4.69) is 11.1 Å². The van der Waals surface area contributed by atoms with E-state index in [9.17, 15) is 0 Å². The molecule has 0 bridgehead atoms. The van der Waals surface area contributed by atoms with E-state index in [1.54, 1.807) is 7.11 Å². The first kappa shape index (κ1) is 8.64. The summed E-state index contributed by atoms with van der Waals surface area (Å²) in [4.78, 5) is 3.10. The van der Waals surface area contributed by atoms with Gasteiger partial charge < -0.3 is 9.72 Å². The van der Waals surface area contributed by atoms with Crippen LogP contribution < -0.4 is 4.74 Å². The third-order valence-electron chi connectivity index (χ3n) is 2.21. The number of rotatable bonds is 2. The van der Waals surface area contributed by atoms with E-state index in [1.165, 1.54) is 0 Å². The fourth-order valence-corrected chi connectivity index (χ4v) is 1.51. The van der Waals surface area contributed by atoms with Gasteiger partial charge in [-0.3, -0.25) is 0 Å². The molecule has 3 heteroatoms. The number of hydrogen-bond acceptors (Lipinski definition) is 2. The molecule has 0 aliphatic carbocycles. The summed E-state index contributed by atoms with van der Waals surface area (Å²) in [6.07, 6.45) is 2.26. The molecule has 0 unspecified atom stereocenters. The summed E-state index contributed by atoms with van der Waals surface area (Å²) in [7, 11) is 1.64. The van der Waals surface area contributed by atoms with Crippen molar-refractivity contribution in [1.29, 1.82) is 5.26 Å². The van der Waals surface area contributed by atoms with E-state index in [4.69, 9.17) is 10.00 Å². The number of nitrogens with one attached hydrogen (secondary N) is 1. The molecule has 1 aromatic heterocycles. The van der Waals surface area contributed by atoms with Gasteiger partial charge in [-0.05, 0) is 17.7 Å². The maximum atomic E-state index is 8.58. The highest BCUT2D eigenvalue weighted by molar-refractivity contribution is 5.86. The van der Waals surface area contributed by atoms with Crippen molar-refractivity contribution < 1.29 is 4.74 Å². The number of nitriles is 1. The molecule has 0 saturated heterocycles. The van der Waals surface area contributed by atoms with Gasteiger partial charge in [0.2, 0.25) is 0 Å². The number of ether oxygens (including phenoxy) is 1. The van der Waals surface area contributed by atoms with Crippen LogP contribution in [0.5, 0.6) is 5.75 Å². The molecule has 14 heavy (non-hydrogen) atoms. The van der Waals surface area contributed by atoms with Crippen LogP contribution in [0.4, 0.5) is 0 Å². The van der Waals surface area contributed by atoms with Gasteiger partial charge >= 0.3 is 0 Å². The fourth-order valence-electron chi connectivity index (χ4n) is 1.51. The van der Waals surface area contributed by atoms with Gasteiger partial charge in [0.25, 0.3) is 0 Å². The Labute approximate surface area is 81.9 Å². The second-order valence-corrected chi connectivity index (χ2v) is 3.07. The van der Waals surface area contributed by atoms with E-state index < -0.39 is 0 Å². The van der Waals surface area contributed by atoms with Crippen LogP contribution in [-0.2, 0) is 6.42 Å². The van der Waals surface area contributed by atoms with Crippen molar-refractivity contribution in [2.75, 3.05) is 7.11 Å². The van der Waals surface area contributed by atoms with Crippen molar-refractivity contribution >= 4 is 10.9 Å². The quantitative estimate of drug-likeness (QED) is 0.781. The lowest BCUT2D eigenvalue weighted by molar-refractivity contribution is 0.419. The van der Waals surface area contributed by atoms with Gasteiger partial charge in [-0.25, -0.2) is 0 Å². The zero-order chi connectivity index (χ0) is 9.97. The number of benzene rings is 1. The zero-order valence-electron chi connectivity index (χ0n) is 7.87. The molecule has 2 rings (SSSR count). The SMILES string of the molecule is COc1c[nH]c2ccc(CC#N)cc12. The monoisotopic (exact) mass is 186 g/mol. The molecule has 0 spiro atoms. The van der Waals surface area contributed by atoms with Crippen molar-refractivity contribution in [3.05, 3.63) is 30.0 Å². The van der Waals surface area contributed by atoms with Gasteiger partial charge in [-0.1, -0.05) is 6.07 Å². The minimum atomic E-state index is 0.435. The molecule has 3 nitrogen and oxygen atoms in total. The third kappa shape index (κ3) is 1.31. The lowest BCUT2D eigenvalue weighted by Crippen LogP contribution is -1.82. The van der Waals surface area contributed by atoms with Gasteiger partial charge in [-0.2, -0.15) is 5.26 Å². The number of aromatic nitrogens is 1. The maximum absolute atomic E-state index is 8.58. The summed E-state index contributed by atoms with van der Waals surface area (Å²) in [6.45, 7) is 0. The molecule has 2 aromatic rings. The van der Waals surface area contributed by atoms with Crippen LogP contribution in [0.1, 0.15) is 5.56 Å². The molecule has 0 saturated carbocycles. The van der Waals surface area contributed by atoms with Crippen LogP contribution >= 0.6 is 0 Å². The zero-order valence-corrected chi connectivity index (χ0v) is 7.87. The van der Waals surface area contributed by atoms with Gasteiger partial charge in [0.15, 0.2) is 0 Å². The van der Waals surface area contributed by atoms with Crippen LogP contribution in [-0.4, -0.2) is 12.1 Å². The third-order valence-corrected chi connectivity index (χ3v) is 2.21.